The van der Waals surface area contributed by atoms with Gasteiger partial charge in [0.05, 0.1) is 27.9 Å². The number of aryl methyl sites for hydroxylation is 2. The normalized spacial score (nSPS) is 11.0. The Kier molecular flexibility index (Phi) is 7.86. The molecule has 0 bridgehead atoms. The van der Waals surface area contributed by atoms with E-state index in [1.165, 1.54) is 21.3 Å². The second-order valence-corrected chi connectivity index (χ2v) is 7.39. The van der Waals surface area contributed by atoms with Crippen molar-refractivity contribution in [2.75, 3.05) is 26.6 Å². The number of ether oxygens (including phenoxy) is 3. The largest absolute Gasteiger partial charge is 0.493 e. The van der Waals surface area contributed by atoms with Gasteiger partial charge >= 0.3 is 0 Å². The van der Waals surface area contributed by atoms with E-state index in [9.17, 15) is 4.79 Å². The summed E-state index contributed by atoms with van der Waals surface area (Å²) in [5, 5.41) is 6.09. The fraction of sp³-hybridized carbons (Fsp3) is 0.240. The third-order valence-electron chi connectivity index (χ3n) is 4.81. The van der Waals surface area contributed by atoms with Gasteiger partial charge in [0.1, 0.15) is 0 Å². The second kappa shape index (κ2) is 11.0. The van der Waals surface area contributed by atoms with Crippen molar-refractivity contribution in [2.24, 2.45) is 4.99 Å². The number of nitrogens with one attached hydrogen (secondary N) is 2. The van der Waals surface area contributed by atoms with E-state index in [0.29, 0.717) is 35.3 Å². The van der Waals surface area contributed by atoms with E-state index < -0.39 is 0 Å². The molecule has 3 rings (SSSR count). The number of aromatic nitrogens is 1. The van der Waals surface area contributed by atoms with Crippen LogP contribution in [-0.4, -0.2) is 38.2 Å². The van der Waals surface area contributed by atoms with Gasteiger partial charge in [0.15, 0.2) is 11.5 Å². The molecule has 0 aliphatic carbocycles. The quantitative estimate of drug-likeness (QED) is 0.417. The van der Waals surface area contributed by atoms with Crippen LogP contribution in [0.15, 0.2) is 59.9 Å². The number of carbonyl (C=O) groups excluding carboxylic acids is 1. The highest BCUT2D eigenvalue weighted by Gasteiger charge is 2.18. The Labute approximate surface area is 193 Å². The first kappa shape index (κ1) is 23.6. The number of carbonyl (C=O) groups is 1. The summed E-state index contributed by atoms with van der Waals surface area (Å²) >= 11 is 0. The summed E-state index contributed by atoms with van der Waals surface area (Å²) in [5.74, 6) is 1.13. The molecule has 0 aliphatic heterocycles. The minimum atomic E-state index is -0.375. The fourth-order valence-electron chi connectivity index (χ4n) is 3.34. The highest BCUT2D eigenvalue weighted by molar-refractivity contribution is 6.10. The smallest absolute Gasteiger partial charge is 0.258 e. The van der Waals surface area contributed by atoms with Crippen LogP contribution in [-0.2, 0) is 6.54 Å². The number of amides is 1. The lowest BCUT2D eigenvalue weighted by Gasteiger charge is -2.16. The topological polar surface area (TPSA) is 94.1 Å². The Bertz CT molecular complexity index is 1100. The van der Waals surface area contributed by atoms with E-state index in [4.69, 9.17) is 14.2 Å². The van der Waals surface area contributed by atoms with Crippen LogP contribution >= 0.6 is 0 Å². The number of benzene rings is 2. The molecule has 8 nitrogen and oxygen atoms in total. The number of hydrogen-bond acceptors (Lipinski definition) is 6. The van der Waals surface area contributed by atoms with Gasteiger partial charge in [-0.2, -0.15) is 0 Å². The Hall–Kier alpha value is -4.07. The van der Waals surface area contributed by atoms with Crippen LogP contribution in [0.25, 0.3) is 0 Å². The lowest BCUT2D eigenvalue weighted by molar-refractivity contribution is 0.0976. The molecule has 172 valence electrons. The molecule has 2 N–H and O–H groups in total. The second-order valence-electron chi connectivity index (χ2n) is 7.39. The monoisotopic (exact) mass is 448 g/mol. The zero-order valence-electron chi connectivity index (χ0n) is 19.4. The van der Waals surface area contributed by atoms with E-state index in [0.717, 1.165) is 22.4 Å². The Balaban J connectivity index is 1.91. The van der Waals surface area contributed by atoms with Crippen molar-refractivity contribution in [3.8, 4) is 17.2 Å². The minimum Gasteiger partial charge on any atom is -0.493 e. The zero-order chi connectivity index (χ0) is 23.8. The molecule has 0 radical (unpaired) electrons. The number of anilines is 1. The molecule has 0 unspecified atom stereocenters. The van der Waals surface area contributed by atoms with Crippen LogP contribution < -0.4 is 24.8 Å². The summed E-state index contributed by atoms with van der Waals surface area (Å²) in [6.07, 6.45) is 3.41. The molecule has 1 heterocycles. The first-order chi connectivity index (χ1) is 15.9. The fourth-order valence-corrected chi connectivity index (χ4v) is 3.34. The summed E-state index contributed by atoms with van der Waals surface area (Å²) in [4.78, 5) is 21.8. The number of nitrogens with zero attached hydrogens (tertiary/aromatic N) is 2. The lowest BCUT2D eigenvalue weighted by atomic mass is 10.1. The summed E-state index contributed by atoms with van der Waals surface area (Å²) in [6.45, 7) is 4.39. The molecule has 0 saturated carbocycles. The van der Waals surface area contributed by atoms with Gasteiger partial charge in [0, 0.05) is 23.6 Å². The van der Waals surface area contributed by atoms with Crippen molar-refractivity contribution in [2.45, 2.75) is 20.4 Å². The van der Waals surface area contributed by atoms with E-state index in [-0.39, 0.29) is 5.91 Å². The maximum Gasteiger partial charge on any atom is 0.258 e. The molecular weight excluding hydrogens is 420 g/mol. The number of guanidine groups is 1. The van der Waals surface area contributed by atoms with Gasteiger partial charge in [-0.1, -0.05) is 6.07 Å². The third-order valence-corrected chi connectivity index (χ3v) is 4.81. The lowest BCUT2D eigenvalue weighted by Crippen LogP contribution is -2.36. The van der Waals surface area contributed by atoms with Gasteiger partial charge in [-0.25, -0.2) is 4.99 Å². The van der Waals surface area contributed by atoms with Gasteiger partial charge in [-0.15, -0.1) is 0 Å². The maximum absolute atomic E-state index is 13.1. The van der Waals surface area contributed by atoms with Crippen molar-refractivity contribution in [3.63, 3.8) is 0 Å². The highest BCUT2D eigenvalue weighted by Crippen LogP contribution is 2.38. The summed E-state index contributed by atoms with van der Waals surface area (Å²) < 4.78 is 16.1. The van der Waals surface area contributed by atoms with Gasteiger partial charge in [0.25, 0.3) is 5.91 Å². The third kappa shape index (κ3) is 6.22. The SMILES string of the molecule is COc1cc(C(=O)NC(=NCc2ccncc2)Nc2cc(C)cc(C)c2)cc(OC)c1OC. The average molecular weight is 449 g/mol. The minimum absolute atomic E-state index is 0.315. The van der Waals surface area contributed by atoms with Crippen molar-refractivity contribution in [3.05, 3.63) is 77.1 Å². The van der Waals surface area contributed by atoms with E-state index in [2.05, 4.69) is 26.7 Å². The van der Waals surface area contributed by atoms with E-state index >= 15 is 0 Å². The molecule has 1 aromatic heterocycles. The molecule has 0 fully saturated rings. The van der Waals surface area contributed by atoms with Crippen LogP contribution in [0.4, 0.5) is 5.69 Å². The van der Waals surface area contributed by atoms with Crippen molar-refractivity contribution in [1.29, 1.82) is 0 Å². The molecule has 0 spiro atoms. The first-order valence-corrected chi connectivity index (χ1v) is 10.3. The van der Waals surface area contributed by atoms with Crippen molar-refractivity contribution in [1.82, 2.24) is 10.3 Å². The number of aliphatic imine (C=N–C) groups is 1. The zero-order valence-corrected chi connectivity index (χ0v) is 19.4. The summed E-state index contributed by atoms with van der Waals surface area (Å²) in [5.41, 5.74) is 4.32. The van der Waals surface area contributed by atoms with Crippen LogP contribution in [0.5, 0.6) is 17.2 Å². The highest BCUT2D eigenvalue weighted by atomic mass is 16.5. The number of methoxy groups -OCH3 is 3. The number of pyridine rings is 1. The van der Waals surface area contributed by atoms with Crippen molar-refractivity contribution >= 4 is 17.6 Å². The number of hydrogen-bond donors (Lipinski definition) is 2. The molecule has 1 amide bonds. The Morgan fingerprint density at radius 3 is 2.06 bits per heavy atom. The van der Waals surface area contributed by atoms with E-state index in [1.54, 1.807) is 24.5 Å². The molecule has 8 heteroatoms. The molecule has 0 atom stereocenters. The maximum atomic E-state index is 13.1. The number of rotatable bonds is 7. The molecule has 2 aromatic carbocycles. The molecule has 0 saturated heterocycles. The van der Waals surface area contributed by atoms with Gasteiger partial charge in [-0.05, 0) is 66.9 Å². The molecular formula is C25H28N4O4. The molecule has 0 aliphatic rings. The summed E-state index contributed by atoms with van der Waals surface area (Å²) in [6, 6.07) is 13.0. The van der Waals surface area contributed by atoms with Crippen LogP contribution in [0.1, 0.15) is 27.0 Å². The predicted octanol–water partition coefficient (Wildman–Crippen LogP) is 4.12. The average Bonchev–Trinajstić information content (AvgIpc) is 2.81. The Morgan fingerprint density at radius 1 is 0.909 bits per heavy atom. The standard InChI is InChI=1S/C25H28N4O4/c1-16-10-17(2)12-20(11-16)28-25(27-15-18-6-8-26-9-7-18)29-24(30)19-13-21(31-3)23(33-5)22(14-19)32-4/h6-14H,15H2,1-5H3,(H2,27,28,29,30). The Morgan fingerprint density at radius 2 is 1.52 bits per heavy atom. The van der Waals surface area contributed by atoms with Crippen molar-refractivity contribution < 1.29 is 19.0 Å². The van der Waals surface area contributed by atoms with Crippen LogP contribution in [0, 0.1) is 13.8 Å². The summed E-state index contributed by atoms with van der Waals surface area (Å²) in [7, 11) is 4.52. The van der Waals surface area contributed by atoms with Gasteiger partial charge < -0.3 is 19.5 Å². The molecule has 33 heavy (non-hydrogen) atoms. The first-order valence-electron chi connectivity index (χ1n) is 10.3. The van der Waals surface area contributed by atoms with Crippen LogP contribution in [0.2, 0.25) is 0 Å². The van der Waals surface area contributed by atoms with Gasteiger partial charge in [-0.3, -0.25) is 15.1 Å². The van der Waals surface area contributed by atoms with E-state index in [1.807, 2.05) is 38.1 Å². The predicted molar refractivity (Wildman–Crippen MR) is 128 cm³/mol. The molecule has 3 aromatic rings. The van der Waals surface area contributed by atoms with Crippen LogP contribution in [0.3, 0.4) is 0 Å². The van der Waals surface area contributed by atoms with Gasteiger partial charge in [0.2, 0.25) is 11.7 Å².